The highest BCUT2D eigenvalue weighted by atomic mass is 32.2. The van der Waals surface area contributed by atoms with Gasteiger partial charge in [-0.15, -0.1) is 0 Å². The van der Waals surface area contributed by atoms with Gasteiger partial charge in [-0.1, -0.05) is 24.3 Å². The largest absolute Gasteiger partial charge is 0.240 e. The minimum absolute atomic E-state index is 0.0640. The van der Waals surface area contributed by atoms with Gasteiger partial charge in [0.1, 0.15) is 0 Å². The van der Waals surface area contributed by atoms with E-state index in [-0.39, 0.29) is 11.4 Å². The third-order valence-corrected chi connectivity index (χ3v) is 5.60. The van der Waals surface area contributed by atoms with Gasteiger partial charge in [0.25, 0.3) is 0 Å². The van der Waals surface area contributed by atoms with Gasteiger partial charge in [-0.05, 0) is 42.0 Å². The van der Waals surface area contributed by atoms with E-state index in [1.807, 2.05) is 48.7 Å². The molecule has 0 saturated carbocycles. The molecule has 0 aliphatic heterocycles. The van der Waals surface area contributed by atoms with Gasteiger partial charge in [0, 0.05) is 18.3 Å². The Morgan fingerprint density at radius 3 is 2.75 bits per heavy atom. The standard InChI is InChI=1S/C20H15N5O2S/c21-12-15-4-2-7-18(11-15)28(26,27)23-13-16-5-1-6-17(10-16)19-14-25-20(24-19)8-3-9-22-25/h1-11,14,23H,13H2. The number of nitriles is 1. The molecule has 138 valence electrons. The first-order valence-electron chi connectivity index (χ1n) is 8.45. The summed E-state index contributed by atoms with van der Waals surface area (Å²) >= 11 is 0. The average molecular weight is 389 g/mol. The topological polar surface area (TPSA) is 100 Å². The molecule has 4 aromatic rings. The summed E-state index contributed by atoms with van der Waals surface area (Å²) in [6.07, 6.45) is 3.51. The molecule has 0 radical (unpaired) electrons. The van der Waals surface area contributed by atoms with Gasteiger partial charge in [-0.2, -0.15) is 10.4 Å². The maximum atomic E-state index is 12.5. The number of aromatic nitrogens is 3. The van der Waals surface area contributed by atoms with Crippen LogP contribution >= 0.6 is 0 Å². The van der Waals surface area contributed by atoms with Crippen LogP contribution < -0.4 is 4.72 Å². The Bertz CT molecular complexity index is 1270. The summed E-state index contributed by atoms with van der Waals surface area (Å²) in [5.74, 6) is 0. The predicted molar refractivity (Wildman–Crippen MR) is 104 cm³/mol. The summed E-state index contributed by atoms with van der Waals surface area (Å²) in [7, 11) is -3.72. The Hall–Kier alpha value is -3.54. The molecule has 0 saturated heterocycles. The van der Waals surface area contributed by atoms with Crippen LogP contribution in [0.1, 0.15) is 11.1 Å². The molecule has 1 N–H and O–H groups in total. The summed E-state index contributed by atoms with van der Waals surface area (Å²) in [5.41, 5.74) is 3.45. The molecule has 28 heavy (non-hydrogen) atoms. The van der Waals surface area contributed by atoms with E-state index in [1.54, 1.807) is 22.8 Å². The Morgan fingerprint density at radius 2 is 1.93 bits per heavy atom. The highest BCUT2D eigenvalue weighted by Gasteiger charge is 2.14. The minimum atomic E-state index is -3.72. The Balaban J connectivity index is 1.56. The molecule has 4 rings (SSSR count). The van der Waals surface area contributed by atoms with E-state index in [0.29, 0.717) is 5.56 Å². The number of hydrogen-bond acceptors (Lipinski definition) is 5. The third kappa shape index (κ3) is 3.62. The van der Waals surface area contributed by atoms with Crippen LogP contribution in [-0.2, 0) is 16.6 Å². The highest BCUT2D eigenvalue weighted by Crippen LogP contribution is 2.20. The van der Waals surface area contributed by atoms with Crippen LogP contribution in [0.15, 0.2) is 78.0 Å². The molecule has 0 unspecified atom stereocenters. The zero-order chi connectivity index (χ0) is 19.6. The molecule has 0 fully saturated rings. The van der Waals surface area contributed by atoms with Crippen LogP contribution in [-0.4, -0.2) is 23.0 Å². The Morgan fingerprint density at radius 1 is 1.07 bits per heavy atom. The van der Waals surface area contributed by atoms with E-state index in [4.69, 9.17) is 5.26 Å². The summed E-state index contributed by atoms with van der Waals surface area (Å²) in [6.45, 7) is 0.124. The van der Waals surface area contributed by atoms with Crippen LogP contribution in [0.4, 0.5) is 0 Å². The zero-order valence-corrected chi connectivity index (χ0v) is 15.5. The lowest BCUT2D eigenvalue weighted by Gasteiger charge is -2.08. The SMILES string of the molecule is N#Cc1cccc(S(=O)(=O)NCc2cccc(-c3cn4ncccc4n3)c2)c1. The Kier molecular flexibility index (Phi) is 4.61. The van der Waals surface area contributed by atoms with E-state index in [2.05, 4.69) is 14.8 Å². The van der Waals surface area contributed by atoms with E-state index in [9.17, 15) is 8.42 Å². The molecule has 2 aromatic heterocycles. The molecule has 0 aliphatic rings. The van der Waals surface area contributed by atoms with Gasteiger partial charge in [-0.25, -0.2) is 22.6 Å². The smallest absolute Gasteiger partial charge is 0.227 e. The maximum absolute atomic E-state index is 12.5. The minimum Gasteiger partial charge on any atom is -0.227 e. The summed E-state index contributed by atoms with van der Waals surface area (Å²) in [6, 6.07) is 19.0. The van der Waals surface area contributed by atoms with Gasteiger partial charge < -0.3 is 0 Å². The van der Waals surface area contributed by atoms with Gasteiger partial charge in [-0.3, -0.25) is 0 Å². The van der Waals surface area contributed by atoms with Crippen LogP contribution in [0.25, 0.3) is 16.9 Å². The second-order valence-electron chi connectivity index (χ2n) is 6.12. The van der Waals surface area contributed by atoms with Crippen molar-refractivity contribution in [2.45, 2.75) is 11.4 Å². The highest BCUT2D eigenvalue weighted by molar-refractivity contribution is 7.89. The molecule has 0 amide bonds. The number of imidazole rings is 1. The monoisotopic (exact) mass is 389 g/mol. The molecule has 0 atom stereocenters. The molecule has 8 heteroatoms. The fourth-order valence-electron chi connectivity index (χ4n) is 2.81. The van der Waals surface area contributed by atoms with Crippen LogP contribution in [0.2, 0.25) is 0 Å². The predicted octanol–water partition coefficient (Wildman–Crippen LogP) is 2.75. The van der Waals surface area contributed by atoms with Crippen LogP contribution in [0.3, 0.4) is 0 Å². The number of rotatable bonds is 5. The molecular formula is C20H15N5O2S. The summed E-state index contributed by atoms with van der Waals surface area (Å²) in [5, 5.41) is 13.2. The number of nitrogens with one attached hydrogen (secondary N) is 1. The average Bonchev–Trinajstić information content (AvgIpc) is 3.17. The van der Waals surface area contributed by atoms with Crippen LogP contribution in [0.5, 0.6) is 0 Å². The number of benzene rings is 2. The molecule has 0 spiro atoms. The number of hydrogen-bond donors (Lipinski definition) is 1. The second kappa shape index (κ2) is 7.23. The van der Waals surface area contributed by atoms with E-state index in [1.165, 1.54) is 12.1 Å². The molecule has 2 aromatic carbocycles. The summed E-state index contributed by atoms with van der Waals surface area (Å²) < 4.78 is 29.3. The van der Waals surface area contributed by atoms with Gasteiger partial charge in [0.2, 0.25) is 10.0 Å². The third-order valence-electron chi connectivity index (χ3n) is 4.20. The first-order valence-corrected chi connectivity index (χ1v) is 9.93. The van der Waals surface area contributed by atoms with Gasteiger partial charge in [0.15, 0.2) is 5.65 Å². The molecule has 2 heterocycles. The maximum Gasteiger partial charge on any atom is 0.240 e. The lowest BCUT2D eigenvalue weighted by molar-refractivity contribution is 0.581. The van der Waals surface area contributed by atoms with Crippen molar-refractivity contribution in [3.63, 3.8) is 0 Å². The molecule has 0 aliphatic carbocycles. The van der Waals surface area contributed by atoms with Gasteiger partial charge in [0.05, 0.1) is 28.4 Å². The molecular weight excluding hydrogens is 374 g/mol. The Labute approximate surface area is 162 Å². The lowest BCUT2D eigenvalue weighted by atomic mass is 10.1. The van der Waals surface area contributed by atoms with E-state index < -0.39 is 10.0 Å². The van der Waals surface area contributed by atoms with Crippen molar-refractivity contribution < 1.29 is 8.42 Å². The quantitative estimate of drug-likeness (QED) is 0.566. The fourth-order valence-corrected chi connectivity index (χ4v) is 3.87. The number of fused-ring (bicyclic) bond motifs is 1. The van der Waals surface area contributed by atoms with Crippen molar-refractivity contribution in [2.24, 2.45) is 0 Å². The van der Waals surface area contributed by atoms with Crippen molar-refractivity contribution in [1.82, 2.24) is 19.3 Å². The number of nitrogens with zero attached hydrogens (tertiary/aromatic N) is 4. The molecule has 7 nitrogen and oxygen atoms in total. The van der Waals surface area contributed by atoms with Crippen molar-refractivity contribution >= 4 is 15.7 Å². The van der Waals surface area contributed by atoms with Crippen molar-refractivity contribution in [3.8, 4) is 17.3 Å². The van der Waals surface area contributed by atoms with E-state index in [0.717, 1.165) is 22.5 Å². The van der Waals surface area contributed by atoms with Crippen LogP contribution in [0, 0.1) is 11.3 Å². The van der Waals surface area contributed by atoms with Gasteiger partial charge >= 0.3 is 0 Å². The first kappa shape index (κ1) is 17.9. The summed E-state index contributed by atoms with van der Waals surface area (Å²) in [4.78, 5) is 4.59. The lowest BCUT2D eigenvalue weighted by Crippen LogP contribution is -2.23. The second-order valence-corrected chi connectivity index (χ2v) is 7.88. The fraction of sp³-hybridized carbons (Fsp3) is 0.0500. The van der Waals surface area contributed by atoms with E-state index >= 15 is 0 Å². The normalized spacial score (nSPS) is 11.4. The number of sulfonamides is 1. The van der Waals surface area contributed by atoms with Crippen molar-refractivity contribution in [3.05, 3.63) is 84.2 Å². The van der Waals surface area contributed by atoms with Crippen molar-refractivity contribution in [2.75, 3.05) is 0 Å². The first-order chi connectivity index (χ1) is 13.5. The molecule has 0 bridgehead atoms. The zero-order valence-electron chi connectivity index (χ0n) is 14.6. The van der Waals surface area contributed by atoms with Crippen molar-refractivity contribution in [1.29, 1.82) is 5.26 Å².